The highest BCUT2D eigenvalue weighted by atomic mass is 32.2. The van der Waals surface area contributed by atoms with Crippen LogP contribution in [0.4, 0.5) is 4.39 Å². The molecule has 2 rings (SSSR count). The van der Waals surface area contributed by atoms with E-state index in [1.54, 1.807) is 25.1 Å². The molecule has 0 heterocycles. The minimum absolute atomic E-state index is 0.0109. The first-order chi connectivity index (χ1) is 11.9. The van der Waals surface area contributed by atoms with Crippen molar-refractivity contribution in [2.45, 2.75) is 31.7 Å². The van der Waals surface area contributed by atoms with Gasteiger partial charge in [0.1, 0.15) is 5.82 Å². The van der Waals surface area contributed by atoms with Gasteiger partial charge in [-0.3, -0.25) is 0 Å². The van der Waals surface area contributed by atoms with Crippen molar-refractivity contribution in [2.75, 3.05) is 13.2 Å². The topological polar surface area (TPSA) is 64.6 Å². The molecule has 5 nitrogen and oxygen atoms in total. The summed E-state index contributed by atoms with van der Waals surface area (Å²) in [6, 6.07) is 9.49. The molecule has 0 saturated heterocycles. The number of rotatable bonds is 8. The molecule has 0 aliphatic heterocycles. The first kappa shape index (κ1) is 19.2. The van der Waals surface area contributed by atoms with Gasteiger partial charge in [0.15, 0.2) is 11.5 Å². The third kappa shape index (κ3) is 4.93. The zero-order valence-corrected chi connectivity index (χ0v) is 15.3. The van der Waals surface area contributed by atoms with Crippen molar-refractivity contribution in [3.05, 3.63) is 53.8 Å². The van der Waals surface area contributed by atoms with Gasteiger partial charge in [0, 0.05) is 6.04 Å². The minimum Gasteiger partial charge on any atom is -0.490 e. The summed E-state index contributed by atoms with van der Waals surface area (Å²) in [5.74, 6) is 0.691. The first-order valence-electron chi connectivity index (χ1n) is 8.04. The van der Waals surface area contributed by atoms with E-state index in [2.05, 4.69) is 4.72 Å². The molecule has 2 aromatic rings. The van der Waals surface area contributed by atoms with Gasteiger partial charge in [0.05, 0.1) is 18.1 Å². The summed E-state index contributed by atoms with van der Waals surface area (Å²) in [5, 5.41) is 0. The van der Waals surface area contributed by atoms with E-state index in [-0.39, 0.29) is 4.90 Å². The van der Waals surface area contributed by atoms with Gasteiger partial charge in [-0.25, -0.2) is 17.5 Å². The van der Waals surface area contributed by atoms with Crippen molar-refractivity contribution in [3.8, 4) is 11.5 Å². The van der Waals surface area contributed by atoms with Gasteiger partial charge in [0.2, 0.25) is 10.0 Å². The lowest BCUT2D eigenvalue weighted by Crippen LogP contribution is -2.27. The van der Waals surface area contributed by atoms with E-state index in [0.29, 0.717) is 24.7 Å². The van der Waals surface area contributed by atoms with Crippen LogP contribution >= 0.6 is 0 Å². The number of benzene rings is 2. The zero-order valence-electron chi connectivity index (χ0n) is 14.5. The Kier molecular flexibility index (Phi) is 6.39. The molecule has 0 spiro atoms. The fourth-order valence-corrected chi connectivity index (χ4v) is 3.55. The van der Waals surface area contributed by atoms with E-state index in [1.165, 1.54) is 12.1 Å². The van der Waals surface area contributed by atoms with Crippen molar-refractivity contribution in [3.63, 3.8) is 0 Å². The molecule has 0 radical (unpaired) electrons. The van der Waals surface area contributed by atoms with Crippen LogP contribution in [0.1, 0.15) is 32.4 Å². The SMILES string of the molecule is CCOc1ccc([C@@H](C)NS(=O)(=O)c2ccc(F)cc2)cc1OCC. The molecule has 0 aliphatic carbocycles. The average Bonchev–Trinajstić information content (AvgIpc) is 2.57. The lowest BCUT2D eigenvalue weighted by atomic mass is 10.1. The smallest absolute Gasteiger partial charge is 0.241 e. The molecule has 0 aliphatic rings. The third-order valence-electron chi connectivity index (χ3n) is 3.52. The number of sulfonamides is 1. The van der Waals surface area contributed by atoms with E-state index in [0.717, 1.165) is 17.7 Å². The summed E-state index contributed by atoms with van der Waals surface area (Å²) >= 11 is 0. The third-order valence-corrected chi connectivity index (χ3v) is 5.08. The number of hydrogen-bond donors (Lipinski definition) is 1. The van der Waals surface area contributed by atoms with E-state index < -0.39 is 21.9 Å². The van der Waals surface area contributed by atoms with E-state index >= 15 is 0 Å². The summed E-state index contributed by atoms with van der Waals surface area (Å²) in [6.45, 7) is 6.45. The van der Waals surface area contributed by atoms with Crippen molar-refractivity contribution >= 4 is 10.0 Å². The lowest BCUT2D eigenvalue weighted by Gasteiger charge is -2.17. The first-order valence-corrected chi connectivity index (χ1v) is 9.53. The molecule has 1 N–H and O–H groups in total. The van der Waals surface area contributed by atoms with Gasteiger partial charge in [-0.05, 0) is 62.7 Å². The highest BCUT2D eigenvalue weighted by molar-refractivity contribution is 7.89. The van der Waals surface area contributed by atoms with E-state index in [4.69, 9.17) is 9.47 Å². The lowest BCUT2D eigenvalue weighted by molar-refractivity contribution is 0.287. The largest absolute Gasteiger partial charge is 0.490 e. The second-order valence-electron chi connectivity index (χ2n) is 5.37. The number of ether oxygens (including phenoxy) is 2. The van der Waals surface area contributed by atoms with Crippen LogP contribution in [0.2, 0.25) is 0 Å². The van der Waals surface area contributed by atoms with E-state index in [1.807, 2.05) is 13.8 Å². The summed E-state index contributed by atoms with van der Waals surface area (Å²) < 4.78 is 51.5. The Bertz CT molecular complexity index is 806. The normalized spacial score (nSPS) is 12.6. The molecular weight excluding hydrogens is 345 g/mol. The quantitative estimate of drug-likeness (QED) is 0.773. The molecule has 2 aromatic carbocycles. The molecular formula is C18H22FNO4S. The molecule has 7 heteroatoms. The van der Waals surface area contributed by atoms with E-state index in [9.17, 15) is 12.8 Å². The molecule has 0 amide bonds. The predicted octanol–water partition coefficient (Wildman–Crippen LogP) is 3.66. The van der Waals surface area contributed by atoms with Gasteiger partial charge >= 0.3 is 0 Å². The Labute approximate surface area is 147 Å². The van der Waals surface area contributed by atoms with Crippen LogP contribution in [0, 0.1) is 5.82 Å². The Balaban J connectivity index is 2.23. The van der Waals surface area contributed by atoms with Gasteiger partial charge in [-0.1, -0.05) is 6.07 Å². The fraction of sp³-hybridized carbons (Fsp3) is 0.333. The summed E-state index contributed by atoms with van der Waals surface area (Å²) in [4.78, 5) is 0.0109. The predicted molar refractivity (Wildman–Crippen MR) is 93.9 cm³/mol. The second kappa shape index (κ2) is 8.31. The second-order valence-corrected chi connectivity index (χ2v) is 7.08. The summed E-state index contributed by atoms with van der Waals surface area (Å²) in [7, 11) is -3.76. The van der Waals surface area contributed by atoms with Crippen LogP contribution in [-0.4, -0.2) is 21.6 Å². The maximum absolute atomic E-state index is 13.0. The van der Waals surface area contributed by atoms with Crippen LogP contribution in [0.3, 0.4) is 0 Å². The van der Waals surface area contributed by atoms with Crippen molar-refractivity contribution in [1.82, 2.24) is 4.72 Å². The standard InChI is InChI=1S/C18H22FNO4S/c1-4-23-17-11-6-14(12-18(17)24-5-2)13(3)20-25(21,22)16-9-7-15(19)8-10-16/h6-13,20H,4-5H2,1-3H3/t13-/m1/s1. The Morgan fingerprint density at radius 3 is 2.20 bits per heavy atom. The molecule has 0 aromatic heterocycles. The number of halogens is 1. The molecule has 136 valence electrons. The highest BCUT2D eigenvalue weighted by Crippen LogP contribution is 2.31. The van der Waals surface area contributed by atoms with Crippen molar-refractivity contribution in [2.24, 2.45) is 0 Å². The zero-order chi connectivity index (χ0) is 18.4. The van der Waals surface area contributed by atoms with Crippen LogP contribution in [0.25, 0.3) is 0 Å². The monoisotopic (exact) mass is 367 g/mol. The molecule has 1 atom stereocenters. The van der Waals surface area contributed by atoms with Crippen LogP contribution in [0.5, 0.6) is 11.5 Å². The minimum atomic E-state index is -3.76. The molecule has 0 unspecified atom stereocenters. The summed E-state index contributed by atoms with van der Waals surface area (Å²) in [6.07, 6.45) is 0. The molecule has 0 bridgehead atoms. The van der Waals surface area contributed by atoms with Gasteiger partial charge in [-0.15, -0.1) is 0 Å². The van der Waals surface area contributed by atoms with Gasteiger partial charge in [0.25, 0.3) is 0 Å². The van der Waals surface area contributed by atoms with Crippen molar-refractivity contribution < 1.29 is 22.3 Å². The average molecular weight is 367 g/mol. The Morgan fingerprint density at radius 2 is 1.60 bits per heavy atom. The van der Waals surface area contributed by atoms with Crippen molar-refractivity contribution in [1.29, 1.82) is 0 Å². The number of nitrogens with one attached hydrogen (secondary N) is 1. The van der Waals surface area contributed by atoms with Crippen LogP contribution in [-0.2, 0) is 10.0 Å². The maximum atomic E-state index is 13.0. The summed E-state index contributed by atoms with van der Waals surface area (Å²) in [5.41, 5.74) is 0.734. The van der Waals surface area contributed by atoms with Crippen LogP contribution in [0.15, 0.2) is 47.4 Å². The Hall–Kier alpha value is -2.12. The number of hydrogen-bond acceptors (Lipinski definition) is 4. The fourth-order valence-electron chi connectivity index (χ4n) is 2.32. The highest BCUT2D eigenvalue weighted by Gasteiger charge is 2.19. The van der Waals surface area contributed by atoms with Gasteiger partial charge in [-0.2, -0.15) is 0 Å². The van der Waals surface area contributed by atoms with Crippen LogP contribution < -0.4 is 14.2 Å². The van der Waals surface area contributed by atoms with Gasteiger partial charge < -0.3 is 9.47 Å². The molecule has 25 heavy (non-hydrogen) atoms. The maximum Gasteiger partial charge on any atom is 0.241 e. The molecule has 0 fully saturated rings. The Morgan fingerprint density at radius 1 is 1.00 bits per heavy atom. The molecule has 0 saturated carbocycles.